The van der Waals surface area contributed by atoms with Gasteiger partial charge in [-0.3, -0.25) is 0 Å². The van der Waals surface area contributed by atoms with Crippen LogP contribution in [0.5, 0.6) is 0 Å². The van der Waals surface area contributed by atoms with Gasteiger partial charge in [-0.15, -0.1) is 0 Å². The standard InChI is InChI=1S/C15H22F2N2O2/c1-4-11(8-20)18-15(21)19-14(9(2)3)10-5-6-12(16)13(17)7-10/h5-7,9,11,14,20H,4,8H2,1-3H3,(H2,18,19,21)/t11-,14-/m0/s1. The Morgan fingerprint density at radius 1 is 1.24 bits per heavy atom. The molecule has 1 aromatic carbocycles. The fraction of sp³-hybridized carbons (Fsp3) is 0.533. The van der Waals surface area contributed by atoms with E-state index in [4.69, 9.17) is 5.11 Å². The highest BCUT2D eigenvalue weighted by Gasteiger charge is 2.20. The van der Waals surface area contributed by atoms with Crippen molar-refractivity contribution in [3.8, 4) is 0 Å². The molecule has 0 bridgehead atoms. The highest BCUT2D eigenvalue weighted by atomic mass is 19.2. The molecule has 6 heteroatoms. The van der Waals surface area contributed by atoms with Gasteiger partial charge in [0.1, 0.15) is 0 Å². The van der Waals surface area contributed by atoms with Gasteiger partial charge in [0.25, 0.3) is 0 Å². The minimum absolute atomic E-state index is 0.00480. The van der Waals surface area contributed by atoms with E-state index in [1.807, 2.05) is 20.8 Å². The molecule has 3 N–H and O–H groups in total. The van der Waals surface area contributed by atoms with Crippen molar-refractivity contribution in [3.63, 3.8) is 0 Å². The Balaban J connectivity index is 2.82. The largest absolute Gasteiger partial charge is 0.394 e. The summed E-state index contributed by atoms with van der Waals surface area (Å²) in [4.78, 5) is 11.9. The molecule has 1 rings (SSSR count). The number of hydrogen-bond donors (Lipinski definition) is 3. The Hall–Kier alpha value is -1.69. The minimum atomic E-state index is -0.942. The van der Waals surface area contributed by atoms with Gasteiger partial charge in [0, 0.05) is 0 Å². The summed E-state index contributed by atoms with van der Waals surface area (Å²) in [5.74, 6) is -1.87. The molecule has 0 saturated carbocycles. The van der Waals surface area contributed by atoms with Crippen molar-refractivity contribution in [3.05, 3.63) is 35.4 Å². The highest BCUT2D eigenvalue weighted by Crippen LogP contribution is 2.23. The molecule has 1 aromatic rings. The molecule has 0 heterocycles. The predicted octanol–water partition coefficient (Wildman–Crippen LogP) is 2.73. The van der Waals surface area contributed by atoms with Gasteiger partial charge in [-0.1, -0.05) is 26.8 Å². The second kappa shape index (κ2) is 7.93. The first kappa shape index (κ1) is 17.4. The molecule has 0 saturated heterocycles. The van der Waals surface area contributed by atoms with Crippen molar-refractivity contribution < 1.29 is 18.7 Å². The average Bonchev–Trinajstić information content (AvgIpc) is 2.45. The number of carbonyl (C=O) groups is 1. The van der Waals surface area contributed by atoms with E-state index in [9.17, 15) is 13.6 Å². The van der Waals surface area contributed by atoms with Crippen LogP contribution in [-0.4, -0.2) is 23.8 Å². The maximum atomic E-state index is 13.3. The van der Waals surface area contributed by atoms with Crippen LogP contribution in [0.2, 0.25) is 0 Å². The first-order valence-electron chi connectivity index (χ1n) is 7.01. The van der Waals surface area contributed by atoms with Crippen LogP contribution in [0.1, 0.15) is 38.8 Å². The predicted molar refractivity (Wildman–Crippen MR) is 76.8 cm³/mol. The number of urea groups is 1. The molecule has 2 atom stereocenters. The third kappa shape index (κ3) is 4.97. The lowest BCUT2D eigenvalue weighted by molar-refractivity contribution is 0.209. The first-order valence-corrected chi connectivity index (χ1v) is 7.01. The summed E-state index contributed by atoms with van der Waals surface area (Å²) in [6.07, 6.45) is 0.599. The zero-order valence-corrected chi connectivity index (χ0v) is 12.5. The number of carbonyl (C=O) groups excluding carboxylic acids is 1. The van der Waals surface area contributed by atoms with E-state index >= 15 is 0 Å². The van der Waals surface area contributed by atoms with Gasteiger partial charge < -0.3 is 15.7 Å². The van der Waals surface area contributed by atoms with Gasteiger partial charge >= 0.3 is 6.03 Å². The van der Waals surface area contributed by atoms with Crippen LogP contribution in [-0.2, 0) is 0 Å². The van der Waals surface area contributed by atoms with Crippen LogP contribution in [0.25, 0.3) is 0 Å². The summed E-state index contributed by atoms with van der Waals surface area (Å²) >= 11 is 0. The zero-order valence-electron chi connectivity index (χ0n) is 12.5. The van der Waals surface area contributed by atoms with Crippen LogP contribution in [0.4, 0.5) is 13.6 Å². The molecule has 0 aliphatic heterocycles. The van der Waals surface area contributed by atoms with Crippen molar-refractivity contribution in [2.24, 2.45) is 5.92 Å². The summed E-state index contributed by atoms with van der Waals surface area (Å²) in [6, 6.07) is 2.36. The number of amides is 2. The van der Waals surface area contributed by atoms with E-state index in [-0.39, 0.29) is 18.6 Å². The average molecular weight is 300 g/mol. The molecule has 21 heavy (non-hydrogen) atoms. The Kier molecular flexibility index (Phi) is 6.55. The van der Waals surface area contributed by atoms with Gasteiger partial charge in [0.2, 0.25) is 0 Å². The Labute approximate surface area is 123 Å². The summed E-state index contributed by atoms with van der Waals surface area (Å²) < 4.78 is 26.3. The van der Waals surface area contributed by atoms with Crippen LogP contribution in [0, 0.1) is 17.6 Å². The fourth-order valence-electron chi connectivity index (χ4n) is 1.99. The highest BCUT2D eigenvalue weighted by molar-refractivity contribution is 5.74. The molecule has 0 radical (unpaired) electrons. The van der Waals surface area contributed by atoms with Gasteiger partial charge in [-0.25, -0.2) is 13.6 Å². The summed E-state index contributed by atoms with van der Waals surface area (Å²) in [5, 5.41) is 14.4. The lowest BCUT2D eigenvalue weighted by Gasteiger charge is -2.24. The van der Waals surface area contributed by atoms with E-state index in [1.165, 1.54) is 6.07 Å². The van der Waals surface area contributed by atoms with Crippen molar-refractivity contribution in [2.45, 2.75) is 39.3 Å². The molecule has 2 amide bonds. The second-order valence-electron chi connectivity index (χ2n) is 5.30. The molecule has 0 aliphatic rings. The maximum absolute atomic E-state index is 13.3. The quantitative estimate of drug-likeness (QED) is 0.756. The van der Waals surface area contributed by atoms with Crippen molar-refractivity contribution in [1.29, 1.82) is 0 Å². The van der Waals surface area contributed by atoms with Gasteiger partial charge in [-0.05, 0) is 30.0 Å². The Morgan fingerprint density at radius 2 is 1.90 bits per heavy atom. The SMILES string of the molecule is CC[C@@H](CO)NC(=O)N[C@H](c1ccc(F)c(F)c1)C(C)C. The van der Waals surface area contributed by atoms with Crippen LogP contribution in [0.15, 0.2) is 18.2 Å². The van der Waals surface area contributed by atoms with Gasteiger partial charge in [0.15, 0.2) is 11.6 Å². The maximum Gasteiger partial charge on any atom is 0.315 e. The van der Waals surface area contributed by atoms with E-state index in [0.717, 1.165) is 12.1 Å². The number of rotatable bonds is 6. The monoisotopic (exact) mass is 300 g/mol. The van der Waals surface area contributed by atoms with E-state index in [2.05, 4.69) is 10.6 Å². The molecule has 0 spiro atoms. The third-order valence-electron chi connectivity index (χ3n) is 3.30. The molecule has 118 valence electrons. The van der Waals surface area contributed by atoms with Crippen LogP contribution >= 0.6 is 0 Å². The molecule has 0 aliphatic carbocycles. The van der Waals surface area contributed by atoms with Gasteiger partial charge in [0.05, 0.1) is 18.7 Å². The normalized spacial score (nSPS) is 13.9. The number of benzene rings is 1. The lowest BCUT2D eigenvalue weighted by atomic mass is 9.96. The van der Waals surface area contributed by atoms with Crippen molar-refractivity contribution in [1.82, 2.24) is 10.6 Å². The van der Waals surface area contributed by atoms with Gasteiger partial charge in [-0.2, -0.15) is 0 Å². The molecule has 0 aromatic heterocycles. The van der Waals surface area contributed by atoms with Crippen LogP contribution in [0.3, 0.4) is 0 Å². The number of nitrogens with one attached hydrogen (secondary N) is 2. The topological polar surface area (TPSA) is 61.4 Å². The Bertz CT molecular complexity index is 477. The smallest absolute Gasteiger partial charge is 0.315 e. The number of aliphatic hydroxyl groups excluding tert-OH is 1. The first-order chi connectivity index (χ1) is 9.88. The minimum Gasteiger partial charge on any atom is -0.394 e. The van der Waals surface area contributed by atoms with Crippen molar-refractivity contribution in [2.75, 3.05) is 6.61 Å². The van der Waals surface area contributed by atoms with E-state index < -0.39 is 23.7 Å². The number of hydrogen-bond acceptors (Lipinski definition) is 2. The molecule has 0 fully saturated rings. The fourth-order valence-corrected chi connectivity index (χ4v) is 1.99. The van der Waals surface area contributed by atoms with Crippen molar-refractivity contribution >= 4 is 6.03 Å². The summed E-state index contributed by atoms with van der Waals surface area (Å²) in [6.45, 7) is 5.43. The number of aliphatic hydroxyl groups is 1. The third-order valence-corrected chi connectivity index (χ3v) is 3.30. The molecule has 0 unspecified atom stereocenters. The zero-order chi connectivity index (χ0) is 16.0. The van der Waals surface area contributed by atoms with E-state index in [1.54, 1.807) is 0 Å². The molecular formula is C15H22F2N2O2. The summed E-state index contributed by atoms with van der Waals surface area (Å²) in [7, 11) is 0. The second-order valence-corrected chi connectivity index (χ2v) is 5.30. The lowest BCUT2D eigenvalue weighted by Crippen LogP contribution is -2.45. The Morgan fingerprint density at radius 3 is 2.38 bits per heavy atom. The summed E-state index contributed by atoms with van der Waals surface area (Å²) in [5.41, 5.74) is 0.496. The van der Waals surface area contributed by atoms with E-state index in [0.29, 0.717) is 12.0 Å². The molecular weight excluding hydrogens is 278 g/mol. The number of halogens is 2. The van der Waals surface area contributed by atoms with Crippen LogP contribution < -0.4 is 10.6 Å². The molecule has 4 nitrogen and oxygen atoms in total.